The quantitative estimate of drug-likeness (QED) is 0.428. The van der Waals surface area contributed by atoms with Crippen LogP contribution in [0.5, 0.6) is 0 Å². The first-order valence-corrected chi connectivity index (χ1v) is 10.5. The predicted octanol–water partition coefficient (Wildman–Crippen LogP) is 4.40. The summed E-state index contributed by atoms with van der Waals surface area (Å²) in [6, 6.07) is 15.8. The first kappa shape index (κ1) is 20.4. The number of rotatable bonds is 7. The molecule has 1 aliphatic heterocycles. The summed E-state index contributed by atoms with van der Waals surface area (Å²) in [4.78, 5) is 2.43. The Kier molecular flexibility index (Phi) is 5.48. The Morgan fingerprint density at radius 1 is 1.03 bits per heavy atom. The molecule has 32 heavy (non-hydrogen) atoms. The topological polar surface area (TPSA) is 72.9 Å². The van der Waals surface area contributed by atoms with Gasteiger partial charge in [0.05, 0.1) is 12.7 Å². The molecule has 0 saturated carbocycles. The maximum Gasteiger partial charge on any atom is 0.314 e. The molecule has 0 aliphatic carbocycles. The monoisotopic (exact) mass is 436 g/mol. The van der Waals surface area contributed by atoms with Gasteiger partial charge in [-0.15, -0.1) is 15.3 Å². The summed E-state index contributed by atoms with van der Waals surface area (Å²) in [5.74, 6) is -0.0225. The van der Waals surface area contributed by atoms with Crippen LogP contribution in [0.2, 0.25) is 0 Å². The maximum absolute atomic E-state index is 12.6. The number of alkyl halides is 2. The Morgan fingerprint density at radius 2 is 1.84 bits per heavy atom. The average Bonchev–Trinajstić information content (AvgIpc) is 3.44. The number of hydrogen-bond acceptors (Lipinski definition) is 6. The highest BCUT2D eigenvalue weighted by Gasteiger charge is 2.26. The van der Waals surface area contributed by atoms with Gasteiger partial charge in [-0.1, -0.05) is 42.5 Å². The molecule has 0 N–H and O–H groups in total. The van der Waals surface area contributed by atoms with Gasteiger partial charge in [-0.05, 0) is 35.9 Å². The smallest absolute Gasteiger partial charge is 0.314 e. The third-order valence-corrected chi connectivity index (χ3v) is 5.77. The lowest BCUT2D eigenvalue weighted by atomic mass is 9.90. The van der Waals surface area contributed by atoms with Crippen LogP contribution in [0.25, 0.3) is 22.7 Å². The fraction of sp³-hybridized carbons (Fsp3) is 0.304. The van der Waals surface area contributed by atoms with Crippen LogP contribution in [0.1, 0.15) is 36.3 Å². The number of nitrogens with zero attached hydrogens (tertiary/aromatic N) is 6. The van der Waals surface area contributed by atoms with Crippen LogP contribution in [0, 0.1) is 0 Å². The van der Waals surface area contributed by atoms with Gasteiger partial charge in [-0.25, -0.2) is 4.68 Å². The van der Waals surface area contributed by atoms with Crippen molar-refractivity contribution in [2.45, 2.75) is 25.8 Å². The van der Waals surface area contributed by atoms with Gasteiger partial charge in [0.25, 0.3) is 5.89 Å². The number of benzene rings is 2. The Bertz CT molecular complexity index is 1200. The molecule has 0 unspecified atom stereocenters. The van der Waals surface area contributed by atoms with Gasteiger partial charge in [-0.2, -0.15) is 8.78 Å². The zero-order valence-corrected chi connectivity index (χ0v) is 17.5. The maximum atomic E-state index is 12.6. The normalized spacial score (nSPS) is 14.8. The van der Waals surface area contributed by atoms with E-state index in [1.54, 1.807) is 16.8 Å². The summed E-state index contributed by atoms with van der Waals surface area (Å²) in [6.07, 6.45) is -0.850. The molecule has 164 valence electrons. The van der Waals surface area contributed by atoms with Crippen LogP contribution in [-0.4, -0.2) is 49.7 Å². The summed E-state index contributed by atoms with van der Waals surface area (Å²) >= 11 is 0. The van der Waals surface area contributed by atoms with Crippen LogP contribution in [0.4, 0.5) is 8.78 Å². The standard InChI is InChI=1S/C23H22F2N6O/c1-2-30-12-19(13-30)17-4-3-5-18(10-17)20-14-31(29-26-20)11-15-6-8-16(9-7-15)22-27-28-23(32-22)21(24)25/h3-10,14,19,21H,2,11-13H2,1H3. The van der Waals surface area contributed by atoms with Crippen molar-refractivity contribution in [1.29, 1.82) is 0 Å². The van der Waals surface area contributed by atoms with E-state index in [-0.39, 0.29) is 5.89 Å². The molecule has 1 aliphatic rings. The molecule has 1 fully saturated rings. The Morgan fingerprint density at radius 3 is 2.56 bits per heavy atom. The van der Waals surface area contributed by atoms with E-state index in [1.165, 1.54) is 5.56 Å². The number of likely N-dealkylation sites (tertiary alicyclic amines) is 1. The molecule has 5 rings (SSSR count). The van der Waals surface area contributed by atoms with Crippen molar-refractivity contribution in [2.24, 2.45) is 0 Å². The van der Waals surface area contributed by atoms with Gasteiger partial charge in [0, 0.05) is 30.1 Å². The van der Waals surface area contributed by atoms with E-state index in [9.17, 15) is 8.78 Å². The Hall–Kier alpha value is -3.46. The molecule has 9 heteroatoms. The SMILES string of the molecule is CCN1CC(c2cccc(-c3cn(Cc4ccc(-c5nnc(C(F)F)o5)cc4)nn3)c2)C1. The van der Waals surface area contributed by atoms with Gasteiger partial charge < -0.3 is 9.32 Å². The van der Waals surface area contributed by atoms with Crippen molar-refractivity contribution in [3.63, 3.8) is 0 Å². The van der Waals surface area contributed by atoms with Crippen molar-refractivity contribution >= 4 is 0 Å². The molecule has 0 radical (unpaired) electrons. The van der Waals surface area contributed by atoms with Crippen LogP contribution in [0.3, 0.4) is 0 Å². The molecule has 2 aromatic heterocycles. The molecular weight excluding hydrogens is 414 g/mol. The minimum absolute atomic E-state index is 0.0725. The van der Waals surface area contributed by atoms with Gasteiger partial charge in [0.15, 0.2) is 0 Å². The van der Waals surface area contributed by atoms with Crippen LogP contribution in [-0.2, 0) is 6.54 Å². The molecule has 3 heterocycles. The van der Waals surface area contributed by atoms with E-state index in [4.69, 9.17) is 4.42 Å². The first-order chi connectivity index (χ1) is 15.6. The highest BCUT2D eigenvalue weighted by atomic mass is 19.3. The lowest BCUT2D eigenvalue weighted by Gasteiger charge is -2.39. The molecule has 0 atom stereocenters. The van der Waals surface area contributed by atoms with E-state index in [2.05, 4.69) is 56.6 Å². The number of hydrogen-bond donors (Lipinski definition) is 0. The van der Waals surface area contributed by atoms with E-state index >= 15 is 0 Å². The van der Waals surface area contributed by atoms with Crippen LogP contribution < -0.4 is 0 Å². The van der Waals surface area contributed by atoms with Crippen molar-refractivity contribution < 1.29 is 13.2 Å². The van der Waals surface area contributed by atoms with Crippen molar-refractivity contribution in [1.82, 2.24) is 30.1 Å². The zero-order valence-electron chi connectivity index (χ0n) is 17.5. The van der Waals surface area contributed by atoms with Crippen molar-refractivity contribution in [2.75, 3.05) is 19.6 Å². The van der Waals surface area contributed by atoms with E-state index in [0.29, 0.717) is 18.0 Å². The number of halogens is 2. The highest BCUT2D eigenvalue weighted by molar-refractivity contribution is 5.59. The minimum Gasteiger partial charge on any atom is -0.415 e. The molecule has 1 saturated heterocycles. The predicted molar refractivity (Wildman–Crippen MR) is 114 cm³/mol. The van der Waals surface area contributed by atoms with Gasteiger partial charge in [-0.3, -0.25) is 0 Å². The van der Waals surface area contributed by atoms with Crippen molar-refractivity contribution in [3.05, 3.63) is 71.7 Å². The highest BCUT2D eigenvalue weighted by Crippen LogP contribution is 2.29. The fourth-order valence-corrected chi connectivity index (χ4v) is 3.88. The Labute approximate surface area is 183 Å². The lowest BCUT2D eigenvalue weighted by molar-refractivity contribution is 0.116. The first-order valence-electron chi connectivity index (χ1n) is 10.5. The molecule has 7 nitrogen and oxygen atoms in total. The molecule has 0 spiro atoms. The summed E-state index contributed by atoms with van der Waals surface area (Å²) in [5.41, 5.74) is 4.81. The lowest BCUT2D eigenvalue weighted by Crippen LogP contribution is -2.44. The third-order valence-electron chi connectivity index (χ3n) is 5.77. The molecule has 4 aromatic rings. The third kappa shape index (κ3) is 4.16. The molecular formula is C23H22F2N6O. The molecule has 0 amide bonds. The van der Waals surface area contributed by atoms with Crippen molar-refractivity contribution in [3.8, 4) is 22.7 Å². The van der Waals surface area contributed by atoms with E-state index < -0.39 is 12.3 Å². The van der Waals surface area contributed by atoms with Gasteiger partial charge >= 0.3 is 6.43 Å². The minimum atomic E-state index is -2.78. The van der Waals surface area contributed by atoms with Crippen LogP contribution >= 0.6 is 0 Å². The summed E-state index contributed by atoms with van der Waals surface area (Å²) in [6.45, 7) is 6.03. The largest absolute Gasteiger partial charge is 0.415 e. The average molecular weight is 436 g/mol. The van der Waals surface area contributed by atoms with Gasteiger partial charge in [0.1, 0.15) is 5.69 Å². The number of likely N-dealkylation sites (N-methyl/N-ethyl adjacent to an activating group) is 1. The zero-order chi connectivity index (χ0) is 22.1. The fourth-order valence-electron chi connectivity index (χ4n) is 3.88. The van der Waals surface area contributed by atoms with Crippen LogP contribution in [0.15, 0.2) is 59.1 Å². The molecule has 2 aromatic carbocycles. The second-order valence-electron chi connectivity index (χ2n) is 7.92. The number of aromatic nitrogens is 5. The van der Waals surface area contributed by atoms with E-state index in [1.807, 2.05) is 18.3 Å². The second-order valence-corrected chi connectivity index (χ2v) is 7.92. The van der Waals surface area contributed by atoms with E-state index in [0.717, 1.165) is 36.5 Å². The molecule has 0 bridgehead atoms. The van der Waals surface area contributed by atoms with Gasteiger partial charge in [0.2, 0.25) is 5.89 Å². The Balaban J connectivity index is 1.26. The summed E-state index contributed by atoms with van der Waals surface area (Å²) in [7, 11) is 0. The summed E-state index contributed by atoms with van der Waals surface area (Å²) in [5, 5.41) is 15.6. The second kappa shape index (κ2) is 8.58. The summed E-state index contributed by atoms with van der Waals surface area (Å²) < 4.78 is 32.0.